The highest BCUT2D eigenvalue weighted by atomic mass is 35.5. The van der Waals surface area contributed by atoms with E-state index in [4.69, 9.17) is 16.3 Å². The lowest BCUT2D eigenvalue weighted by atomic mass is 10.3. The number of benzene rings is 2. The standard InChI is InChI=1S/C15H15ClFNO2/c16-14-7-6-11(8-15(14)17)18-9-12(19)10-20-13-4-2-1-3-5-13/h1-8,12,18-19H,9-10H2. The van der Waals surface area contributed by atoms with Crippen molar-refractivity contribution in [2.24, 2.45) is 0 Å². The fraction of sp³-hybridized carbons (Fsp3) is 0.200. The second kappa shape index (κ2) is 7.12. The molecule has 0 radical (unpaired) electrons. The van der Waals surface area contributed by atoms with E-state index in [1.54, 1.807) is 6.07 Å². The number of hydrogen-bond donors (Lipinski definition) is 2. The van der Waals surface area contributed by atoms with E-state index in [1.807, 2.05) is 30.3 Å². The Morgan fingerprint density at radius 1 is 1.20 bits per heavy atom. The minimum Gasteiger partial charge on any atom is -0.491 e. The molecule has 2 aromatic carbocycles. The van der Waals surface area contributed by atoms with Gasteiger partial charge in [0.2, 0.25) is 0 Å². The maximum Gasteiger partial charge on any atom is 0.143 e. The van der Waals surface area contributed by atoms with Gasteiger partial charge in [-0.15, -0.1) is 0 Å². The zero-order valence-corrected chi connectivity index (χ0v) is 11.5. The summed E-state index contributed by atoms with van der Waals surface area (Å²) in [4.78, 5) is 0. The van der Waals surface area contributed by atoms with Crippen molar-refractivity contribution >= 4 is 17.3 Å². The van der Waals surface area contributed by atoms with Crippen LogP contribution in [0.5, 0.6) is 5.75 Å². The molecule has 0 spiro atoms. The van der Waals surface area contributed by atoms with Crippen LogP contribution in [0.2, 0.25) is 5.02 Å². The Hall–Kier alpha value is -1.78. The van der Waals surface area contributed by atoms with Gasteiger partial charge in [-0.3, -0.25) is 0 Å². The third-order valence-corrected chi connectivity index (χ3v) is 2.95. The molecule has 0 aliphatic carbocycles. The van der Waals surface area contributed by atoms with Crippen LogP contribution >= 0.6 is 11.6 Å². The number of nitrogens with one attached hydrogen (secondary N) is 1. The van der Waals surface area contributed by atoms with Gasteiger partial charge in [0, 0.05) is 12.2 Å². The highest BCUT2D eigenvalue weighted by Gasteiger charge is 2.06. The van der Waals surface area contributed by atoms with Crippen LogP contribution in [0.25, 0.3) is 0 Å². The predicted octanol–water partition coefficient (Wildman–Crippen LogP) is 3.33. The van der Waals surface area contributed by atoms with Gasteiger partial charge in [0.15, 0.2) is 0 Å². The molecule has 0 aliphatic heterocycles. The maximum atomic E-state index is 13.2. The number of aliphatic hydroxyl groups is 1. The molecule has 1 unspecified atom stereocenters. The number of rotatable bonds is 6. The molecular weight excluding hydrogens is 281 g/mol. The van der Waals surface area contributed by atoms with Gasteiger partial charge in [-0.05, 0) is 30.3 Å². The van der Waals surface area contributed by atoms with E-state index in [0.29, 0.717) is 11.4 Å². The Morgan fingerprint density at radius 3 is 2.65 bits per heavy atom. The molecule has 1 atom stereocenters. The zero-order valence-electron chi connectivity index (χ0n) is 10.7. The summed E-state index contributed by atoms with van der Waals surface area (Å²) in [7, 11) is 0. The van der Waals surface area contributed by atoms with E-state index in [9.17, 15) is 9.50 Å². The van der Waals surface area contributed by atoms with Crippen molar-refractivity contribution in [2.45, 2.75) is 6.10 Å². The highest BCUT2D eigenvalue weighted by molar-refractivity contribution is 6.30. The zero-order chi connectivity index (χ0) is 14.4. The van der Waals surface area contributed by atoms with Gasteiger partial charge in [0.05, 0.1) is 5.02 Å². The van der Waals surface area contributed by atoms with Crippen molar-refractivity contribution in [1.82, 2.24) is 0 Å². The summed E-state index contributed by atoms with van der Waals surface area (Å²) in [6.07, 6.45) is -0.700. The van der Waals surface area contributed by atoms with Gasteiger partial charge in [0.25, 0.3) is 0 Å². The van der Waals surface area contributed by atoms with Crippen LogP contribution in [0.1, 0.15) is 0 Å². The summed E-state index contributed by atoms with van der Waals surface area (Å²) in [5.41, 5.74) is 0.561. The van der Waals surface area contributed by atoms with Crippen molar-refractivity contribution in [1.29, 1.82) is 0 Å². The molecule has 3 nitrogen and oxygen atoms in total. The molecule has 20 heavy (non-hydrogen) atoms. The molecule has 0 aromatic heterocycles. The van der Waals surface area contributed by atoms with E-state index in [1.165, 1.54) is 12.1 Å². The van der Waals surface area contributed by atoms with Crippen molar-refractivity contribution in [3.05, 3.63) is 59.4 Å². The van der Waals surface area contributed by atoms with E-state index >= 15 is 0 Å². The minimum atomic E-state index is -0.700. The average Bonchev–Trinajstić information content (AvgIpc) is 2.47. The molecule has 0 saturated carbocycles. The van der Waals surface area contributed by atoms with Gasteiger partial charge in [-0.2, -0.15) is 0 Å². The van der Waals surface area contributed by atoms with Crippen molar-refractivity contribution in [3.8, 4) is 5.75 Å². The quantitative estimate of drug-likeness (QED) is 0.859. The Bertz CT molecular complexity index is 551. The van der Waals surface area contributed by atoms with Crippen molar-refractivity contribution in [2.75, 3.05) is 18.5 Å². The lowest BCUT2D eigenvalue weighted by Crippen LogP contribution is -2.26. The molecule has 2 aromatic rings. The van der Waals surface area contributed by atoms with E-state index < -0.39 is 11.9 Å². The number of anilines is 1. The minimum absolute atomic E-state index is 0.0727. The number of hydrogen-bond acceptors (Lipinski definition) is 3. The van der Waals surface area contributed by atoms with Crippen LogP contribution in [0.15, 0.2) is 48.5 Å². The maximum absolute atomic E-state index is 13.2. The summed E-state index contributed by atoms with van der Waals surface area (Å²) in [5.74, 6) is 0.204. The van der Waals surface area contributed by atoms with E-state index in [-0.39, 0.29) is 18.2 Å². The van der Waals surface area contributed by atoms with Crippen LogP contribution in [-0.4, -0.2) is 24.4 Å². The molecule has 2 rings (SSSR count). The molecule has 5 heteroatoms. The topological polar surface area (TPSA) is 41.5 Å². The number of para-hydroxylation sites is 1. The van der Waals surface area contributed by atoms with Crippen LogP contribution in [-0.2, 0) is 0 Å². The lowest BCUT2D eigenvalue weighted by Gasteiger charge is -2.14. The second-order valence-electron chi connectivity index (χ2n) is 4.29. The SMILES string of the molecule is OC(CNc1ccc(Cl)c(F)c1)COc1ccccc1. The van der Waals surface area contributed by atoms with Crippen LogP contribution in [0, 0.1) is 5.82 Å². The molecule has 0 aliphatic rings. The molecule has 0 saturated heterocycles. The molecule has 0 amide bonds. The lowest BCUT2D eigenvalue weighted by molar-refractivity contribution is 0.117. The van der Waals surface area contributed by atoms with Crippen molar-refractivity contribution in [3.63, 3.8) is 0 Å². The third-order valence-electron chi connectivity index (χ3n) is 2.65. The third kappa shape index (κ3) is 4.40. The summed E-state index contributed by atoms with van der Waals surface area (Å²) in [6, 6.07) is 13.6. The smallest absolute Gasteiger partial charge is 0.143 e. The average molecular weight is 296 g/mol. The van der Waals surface area contributed by atoms with Gasteiger partial charge in [-0.25, -0.2) is 4.39 Å². The van der Waals surface area contributed by atoms with Crippen LogP contribution in [0.4, 0.5) is 10.1 Å². The van der Waals surface area contributed by atoms with Crippen molar-refractivity contribution < 1.29 is 14.2 Å². The Balaban J connectivity index is 1.77. The Morgan fingerprint density at radius 2 is 1.95 bits per heavy atom. The van der Waals surface area contributed by atoms with Gasteiger partial charge < -0.3 is 15.2 Å². The fourth-order valence-corrected chi connectivity index (χ4v) is 1.73. The Kier molecular flexibility index (Phi) is 5.21. The first-order valence-corrected chi connectivity index (χ1v) is 6.58. The molecule has 2 N–H and O–H groups in total. The van der Waals surface area contributed by atoms with Gasteiger partial charge >= 0.3 is 0 Å². The fourth-order valence-electron chi connectivity index (χ4n) is 1.61. The first-order valence-electron chi connectivity index (χ1n) is 6.20. The van der Waals surface area contributed by atoms with Gasteiger partial charge in [-0.1, -0.05) is 29.8 Å². The number of ether oxygens (including phenoxy) is 1. The summed E-state index contributed by atoms with van der Waals surface area (Å²) < 4.78 is 18.6. The predicted molar refractivity (Wildman–Crippen MR) is 77.8 cm³/mol. The van der Waals surface area contributed by atoms with E-state index in [2.05, 4.69) is 5.32 Å². The molecular formula is C15H15ClFNO2. The normalized spacial score (nSPS) is 11.9. The first-order chi connectivity index (χ1) is 9.65. The molecule has 0 fully saturated rings. The van der Waals surface area contributed by atoms with E-state index in [0.717, 1.165) is 0 Å². The Labute approximate surface area is 122 Å². The van der Waals surface area contributed by atoms with Crippen LogP contribution < -0.4 is 10.1 Å². The number of halogens is 2. The van der Waals surface area contributed by atoms with Crippen LogP contribution in [0.3, 0.4) is 0 Å². The largest absolute Gasteiger partial charge is 0.491 e. The summed E-state index contributed by atoms with van der Waals surface area (Å²) >= 11 is 5.59. The highest BCUT2D eigenvalue weighted by Crippen LogP contribution is 2.18. The summed E-state index contributed by atoms with van der Waals surface area (Å²) in [5, 5.41) is 12.8. The molecule has 0 heterocycles. The van der Waals surface area contributed by atoms with Gasteiger partial charge in [0.1, 0.15) is 24.3 Å². The monoisotopic (exact) mass is 295 g/mol. The molecule has 0 bridgehead atoms. The number of aliphatic hydroxyl groups excluding tert-OH is 1. The molecule has 106 valence electrons. The summed E-state index contributed by atoms with van der Waals surface area (Å²) in [6.45, 7) is 0.418. The first kappa shape index (κ1) is 14.6. The second-order valence-corrected chi connectivity index (χ2v) is 4.69.